The molecule has 23 heavy (non-hydrogen) atoms. The van der Waals surface area contributed by atoms with Crippen molar-refractivity contribution in [2.75, 3.05) is 19.5 Å². The molecule has 6 nitrogen and oxygen atoms in total. The highest BCUT2D eigenvalue weighted by Crippen LogP contribution is 2.29. The zero-order valence-electron chi connectivity index (χ0n) is 12.9. The van der Waals surface area contributed by atoms with Gasteiger partial charge in [-0.25, -0.2) is 9.97 Å². The Balaban J connectivity index is 2.03. The molecule has 0 saturated carbocycles. The summed E-state index contributed by atoms with van der Waals surface area (Å²) in [5.41, 5.74) is 2.71. The standard InChI is InChI=1S/C17H17N3O3/c1-22-12-7-11(8-13(9-12)23-2)18-17-16(10-21)19-14-5-3-4-6-15(14)20-17/h3-9,21H,10H2,1-2H3,(H,18,20). The lowest BCUT2D eigenvalue weighted by Crippen LogP contribution is -2.03. The third kappa shape index (κ3) is 3.17. The van der Waals surface area contributed by atoms with Crippen molar-refractivity contribution in [2.24, 2.45) is 0 Å². The number of fused-ring (bicyclic) bond motifs is 1. The van der Waals surface area contributed by atoms with Crippen molar-refractivity contribution in [1.29, 1.82) is 0 Å². The summed E-state index contributed by atoms with van der Waals surface area (Å²) in [6, 6.07) is 12.9. The Morgan fingerprint density at radius 2 is 1.57 bits per heavy atom. The van der Waals surface area contributed by atoms with Crippen molar-refractivity contribution >= 4 is 22.5 Å². The van der Waals surface area contributed by atoms with Crippen LogP contribution < -0.4 is 14.8 Å². The van der Waals surface area contributed by atoms with E-state index in [2.05, 4.69) is 15.3 Å². The van der Waals surface area contributed by atoms with E-state index in [1.165, 1.54) is 0 Å². The number of benzene rings is 2. The van der Waals surface area contributed by atoms with Crippen molar-refractivity contribution in [3.63, 3.8) is 0 Å². The van der Waals surface area contributed by atoms with Gasteiger partial charge in [-0.2, -0.15) is 0 Å². The Labute approximate surface area is 133 Å². The lowest BCUT2D eigenvalue weighted by molar-refractivity contribution is 0.277. The Kier molecular flexibility index (Phi) is 4.25. The number of aliphatic hydroxyl groups excluding tert-OH is 1. The van der Waals surface area contributed by atoms with Crippen LogP contribution in [0.15, 0.2) is 42.5 Å². The summed E-state index contributed by atoms with van der Waals surface area (Å²) in [6.07, 6.45) is 0. The van der Waals surface area contributed by atoms with Crippen LogP contribution >= 0.6 is 0 Å². The van der Waals surface area contributed by atoms with Crippen LogP contribution in [0.5, 0.6) is 11.5 Å². The van der Waals surface area contributed by atoms with Gasteiger partial charge in [-0.15, -0.1) is 0 Å². The van der Waals surface area contributed by atoms with Gasteiger partial charge in [0.2, 0.25) is 0 Å². The van der Waals surface area contributed by atoms with Crippen LogP contribution in [-0.4, -0.2) is 29.3 Å². The second-order valence-electron chi connectivity index (χ2n) is 4.89. The predicted octanol–water partition coefficient (Wildman–Crippen LogP) is 2.88. The van der Waals surface area contributed by atoms with Crippen LogP contribution in [-0.2, 0) is 6.61 Å². The molecule has 6 heteroatoms. The average molecular weight is 311 g/mol. The lowest BCUT2D eigenvalue weighted by atomic mass is 10.2. The second-order valence-corrected chi connectivity index (χ2v) is 4.89. The Hall–Kier alpha value is -2.86. The van der Waals surface area contributed by atoms with Crippen molar-refractivity contribution in [3.05, 3.63) is 48.2 Å². The fourth-order valence-corrected chi connectivity index (χ4v) is 2.26. The van der Waals surface area contributed by atoms with E-state index in [9.17, 15) is 5.11 Å². The largest absolute Gasteiger partial charge is 0.497 e. The molecule has 0 aliphatic rings. The minimum atomic E-state index is -0.207. The smallest absolute Gasteiger partial charge is 0.155 e. The van der Waals surface area contributed by atoms with Crippen LogP contribution in [0.25, 0.3) is 11.0 Å². The van der Waals surface area contributed by atoms with Gasteiger partial charge in [0, 0.05) is 23.9 Å². The van der Waals surface area contributed by atoms with E-state index in [4.69, 9.17) is 9.47 Å². The molecule has 0 spiro atoms. The predicted molar refractivity (Wildman–Crippen MR) is 88.3 cm³/mol. The van der Waals surface area contributed by atoms with Gasteiger partial charge in [-0.05, 0) is 12.1 Å². The van der Waals surface area contributed by atoms with Gasteiger partial charge in [-0.3, -0.25) is 0 Å². The molecule has 0 amide bonds. The quantitative estimate of drug-likeness (QED) is 0.754. The number of nitrogens with one attached hydrogen (secondary N) is 1. The molecule has 1 heterocycles. The highest BCUT2D eigenvalue weighted by Gasteiger charge is 2.10. The number of rotatable bonds is 5. The van der Waals surface area contributed by atoms with Gasteiger partial charge in [0.1, 0.15) is 17.2 Å². The average Bonchev–Trinajstić information content (AvgIpc) is 2.60. The number of aromatic nitrogens is 2. The molecule has 0 aliphatic carbocycles. The number of ether oxygens (including phenoxy) is 2. The molecule has 0 aliphatic heterocycles. The molecule has 3 rings (SSSR count). The first kappa shape index (κ1) is 15.1. The van der Waals surface area contributed by atoms with Crippen molar-refractivity contribution in [1.82, 2.24) is 9.97 Å². The third-order valence-electron chi connectivity index (χ3n) is 3.41. The molecular formula is C17H17N3O3. The normalized spacial score (nSPS) is 10.6. The number of hydrogen-bond donors (Lipinski definition) is 2. The van der Waals surface area contributed by atoms with E-state index < -0.39 is 0 Å². The van der Waals surface area contributed by atoms with Gasteiger partial charge >= 0.3 is 0 Å². The molecule has 2 N–H and O–H groups in total. The van der Waals surface area contributed by atoms with Crippen LogP contribution in [0.4, 0.5) is 11.5 Å². The molecule has 1 aromatic heterocycles. The number of nitrogens with zero attached hydrogens (tertiary/aromatic N) is 2. The summed E-state index contributed by atoms with van der Waals surface area (Å²) in [7, 11) is 3.18. The highest BCUT2D eigenvalue weighted by molar-refractivity contribution is 5.77. The van der Waals surface area contributed by atoms with E-state index in [0.717, 1.165) is 16.7 Å². The Morgan fingerprint density at radius 1 is 0.957 bits per heavy atom. The van der Waals surface area contributed by atoms with Gasteiger partial charge in [0.05, 0.1) is 31.9 Å². The summed E-state index contributed by atoms with van der Waals surface area (Å²) in [5.74, 6) is 1.82. The first-order chi connectivity index (χ1) is 11.2. The summed E-state index contributed by atoms with van der Waals surface area (Å²) in [5, 5.41) is 12.7. The molecular weight excluding hydrogens is 294 g/mol. The van der Waals surface area contributed by atoms with Gasteiger partial charge in [0.15, 0.2) is 5.82 Å². The minimum Gasteiger partial charge on any atom is -0.497 e. The monoisotopic (exact) mass is 311 g/mol. The Morgan fingerprint density at radius 3 is 2.13 bits per heavy atom. The fourth-order valence-electron chi connectivity index (χ4n) is 2.26. The van der Waals surface area contributed by atoms with Crippen molar-refractivity contribution < 1.29 is 14.6 Å². The summed E-state index contributed by atoms with van der Waals surface area (Å²) < 4.78 is 10.5. The molecule has 0 radical (unpaired) electrons. The molecule has 118 valence electrons. The first-order valence-electron chi connectivity index (χ1n) is 7.10. The van der Waals surface area contributed by atoms with E-state index >= 15 is 0 Å². The maximum atomic E-state index is 9.57. The molecule has 0 atom stereocenters. The molecule has 0 fully saturated rings. The topological polar surface area (TPSA) is 76.5 Å². The van der Waals surface area contributed by atoms with E-state index in [1.54, 1.807) is 20.3 Å². The first-order valence-corrected chi connectivity index (χ1v) is 7.10. The number of para-hydroxylation sites is 2. The van der Waals surface area contributed by atoms with Crippen LogP contribution in [0, 0.1) is 0 Å². The van der Waals surface area contributed by atoms with Crippen molar-refractivity contribution in [2.45, 2.75) is 6.61 Å². The number of methoxy groups -OCH3 is 2. The highest BCUT2D eigenvalue weighted by atomic mass is 16.5. The number of anilines is 2. The lowest BCUT2D eigenvalue weighted by Gasteiger charge is -2.12. The molecule has 2 aromatic carbocycles. The van der Waals surface area contributed by atoms with Gasteiger partial charge in [0.25, 0.3) is 0 Å². The fraction of sp³-hybridized carbons (Fsp3) is 0.176. The maximum absolute atomic E-state index is 9.57. The van der Waals surface area contributed by atoms with Crippen molar-refractivity contribution in [3.8, 4) is 11.5 Å². The van der Waals surface area contributed by atoms with E-state index in [1.807, 2.05) is 36.4 Å². The minimum absolute atomic E-state index is 0.207. The van der Waals surface area contributed by atoms with Gasteiger partial charge < -0.3 is 19.9 Å². The van der Waals surface area contributed by atoms with Gasteiger partial charge in [-0.1, -0.05) is 12.1 Å². The molecule has 0 bridgehead atoms. The zero-order chi connectivity index (χ0) is 16.2. The number of aliphatic hydroxyl groups is 1. The second kappa shape index (κ2) is 6.50. The molecule has 0 unspecified atom stereocenters. The summed E-state index contributed by atoms with van der Waals surface area (Å²) >= 11 is 0. The van der Waals surface area contributed by atoms with E-state index in [0.29, 0.717) is 23.0 Å². The molecule has 0 saturated heterocycles. The number of hydrogen-bond acceptors (Lipinski definition) is 6. The Bertz CT molecular complexity index is 814. The molecule has 3 aromatic rings. The van der Waals surface area contributed by atoms with Crippen LogP contribution in [0.1, 0.15) is 5.69 Å². The third-order valence-corrected chi connectivity index (χ3v) is 3.41. The zero-order valence-corrected chi connectivity index (χ0v) is 12.9. The maximum Gasteiger partial charge on any atom is 0.155 e. The summed E-state index contributed by atoms with van der Waals surface area (Å²) in [4.78, 5) is 8.97. The van der Waals surface area contributed by atoms with Crippen LogP contribution in [0.3, 0.4) is 0 Å². The van der Waals surface area contributed by atoms with Crippen LogP contribution in [0.2, 0.25) is 0 Å². The SMILES string of the molecule is COc1cc(Nc2nc3ccccc3nc2CO)cc(OC)c1. The van der Waals surface area contributed by atoms with E-state index in [-0.39, 0.29) is 6.61 Å². The summed E-state index contributed by atoms with van der Waals surface area (Å²) in [6.45, 7) is -0.207.